The quantitative estimate of drug-likeness (QED) is 0.731. The van der Waals surface area contributed by atoms with E-state index in [9.17, 15) is 10.1 Å². The maximum Gasteiger partial charge on any atom is 0.242 e. The molecule has 2 saturated carbocycles. The van der Waals surface area contributed by atoms with Crippen LogP contribution in [0.1, 0.15) is 39.0 Å². The lowest BCUT2D eigenvalue weighted by Gasteiger charge is -2.26. The second-order valence-electron chi connectivity index (χ2n) is 5.56. The molecule has 0 radical (unpaired) electrons. The van der Waals surface area contributed by atoms with Crippen molar-refractivity contribution < 1.29 is 4.79 Å². The van der Waals surface area contributed by atoms with E-state index < -0.39 is 5.41 Å². The zero-order valence-corrected chi connectivity index (χ0v) is 10.2. The van der Waals surface area contributed by atoms with Crippen LogP contribution in [0.2, 0.25) is 0 Å². The molecule has 0 aromatic heterocycles. The van der Waals surface area contributed by atoms with E-state index in [0.29, 0.717) is 5.92 Å². The summed E-state index contributed by atoms with van der Waals surface area (Å²) in [5, 5.41) is 9.24. The average Bonchev–Trinajstić information content (AvgIpc) is 2.82. The summed E-state index contributed by atoms with van der Waals surface area (Å²) in [6.45, 7) is 3.06. The lowest BCUT2D eigenvalue weighted by molar-refractivity contribution is -0.137. The predicted molar refractivity (Wildman–Crippen MR) is 61.4 cm³/mol. The maximum absolute atomic E-state index is 12.3. The van der Waals surface area contributed by atoms with Crippen molar-refractivity contribution in [3.63, 3.8) is 0 Å². The van der Waals surface area contributed by atoms with Crippen LogP contribution in [0.25, 0.3) is 0 Å². The van der Waals surface area contributed by atoms with E-state index in [2.05, 4.69) is 13.0 Å². The molecule has 0 aromatic rings. The van der Waals surface area contributed by atoms with Gasteiger partial charge in [-0.05, 0) is 31.1 Å². The summed E-state index contributed by atoms with van der Waals surface area (Å²) < 4.78 is 0. The molecule has 0 bridgehead atoms. The van der Waals surface area contributed by atoms with Crippen molar-refractivity contribution in [2.45, 2.75) is 39.0 Å². The van der Waals surface area contributed by atoms with E-state index in [1.807, 2.05) is 7.05 Å². The van der Waals surface area contributed by atoms with Crippen LogP contribution in [-0.2, 0) is 4.79 Å². The van der Waals surface area contributed by atoms with Crippen molar-refractivity contribution in [2.24, 2.45) is 17.3 Å². The molecule has 0 saturated heterocycles. The summed E-state index contributed by atoms with van der Waals surface area (Å²) in [4.78, 5) is 14.1. The van der Waals surface area contributed by atoms with Crippen LogP contribution in [0.3, 0.4) is 0 Å². The molecule has 0 aliphatic heterocycles. The first-order chi connectivity index (χ1) is 7.59. The highest BCUT2D eigenvalue weighted by Gasteiger charge is 2.44. The molecule has 2 aliphatic rings. The fraction of sp³-hybridized carbons (Fsp3) is 0.846. The van der Waals surface area contributed by atoms with Crippen molar-refractivity contribution in [1.29, 1.82) is 5.26 Å². The summed E-state index contributed by atoms with van der Waals surface area (Å²) in [5.41, 5.74) is -0.688. The van der Waals surface area contributed by atoms with E-state index in [4.69, 9.17) is 0 Å². The van der Waals surface area contributed by atoms with Crippen LogP contribution in [0.15, 0.2) is 0 Å². The van der Waals surface area contributed by atoms with Gasteiger partial charge in [0, 0.05) is 13.6 Å². The Morgan fingerprint density at radius 1 is 1.50 bits per heavy atom. The van der Waals surface area contributed by atoms with E-state index in [1.165, 1.54) is 6.42 Å². The van der Waals surface area contributed by atoms with Gasteiger partial charge in [0.05, 0.1) is 6.07 Å². The number of carbonyl (C=O) groups is 1. The number of amides is 1. The third-order valence-electron chi connectivity index (χ3n) is 4.21. The van der Waals surface area contributed by atoms with E-state index in [1.54, 1.807) is 4.90 Å². The van der Waals surface area contributed by atoms with Crippen molar-refractivity contribution in [3.05, 3.63) is 0 Å². The first kappa shape index (κ1) is 11.4. The highest BCUT2D eigenvalue weighted by atomic mass is 16.2. The molecule has 0 spiro atoms. The Hall–Kier alpha value is -1.04. The third kappa shape index (κ3) is 1.93. The van der Waals surface area contributed by atoms with E-state index in [0.717, 1.165) is 38.1 Å². The summed E-state index contributed by atoms with van der Waals surface area (Å²) in [5.74, 6) is 1.49. The van der Waals surface area contributed by atoms with Gasteiger partial charge < -0.3 is 4.90 Å². The zero-order chi connectivity index (χ0) is 11.8. The molecule has 0 aromatic carbocycles. The molecule has 16 heavy (non-hydrogen) atoms. The highest BCUT2D eigenvalue weighted by molar-refractivity contribution is 5.85. The molecule has 2 fully saturated rings. The minimum atomic E-state index is -0.688. The van der Waals surface area contributed by atoms with Crippen molar-refractivity contribution >= 4 is 5.91 Å². The van der Waals surface area contributed by atoms with Gasteiger partial charge in [0.1, 0.15) is 5.41 Å². The van der Waals surface area contributed by atoms with Crippen LogP contribution in [0.5, 0.6) is 0 Å². The normalized spacial score (nSPS) is 30.8. The van der Waals surface area contributed by atoms with Gasteiger partial charge in [-0.2, -0.15) is 5.26 Å². The lowest BCUT2D eigenvalue weighted by Crippen LogP contribution is -2.40. The Balaban J connectivity index is 1.97. The summed E-state index contributed by atoms with van der Waals surface area (Å²) >= 11 is 0. The van der Waals surface area contributed by atoms with Crippen LogP contribution in [0, 0.1) is 28.6 Å². The molecule has 2 unspecified atom stereocenters. The van der Waals surface area contributed by atoms with Gasteiger partial charge in [-0.3, -0.25) is 4.79 Å². The first-order valence-electron chi connectivity index (χ1n) is 6.26. The van der Waals surface area contributed by atoms with E-state index >= 15 is 0 Å². The molecule has 3 heteroatoms. The van der Waals surface area contributed by atoms with E-state index in [-0.39, 0.29) is 5.91 Å². The molecule has 2 rings (SSSR count). The Morgan fingerprint density at radius 2 is 2.06 bits per heavy atom. The molecule has 1 amide bonds. The lowest BCUT2D eigenvalue weighted by atomic mass is 9.86. The molecule has 0 heterocycles. The Labute approximate surface area is 97.4 Å². The van der Waals surface area contributed by atoms with Crippen molar-refractivity contribution in [1.82, 2.24) is 4.90 Å². The summed E-state index contributed by atoms with van der Waals surface area (Å²) in [6.07, 6.45) is 4.79. The first-order valence-corrected chi connectivity index (χ1v) is 6.26. The van der Waals surface area contributed by atoms with Crippen LogP contribution in [0.4, 0.5) is 0 Å². The largest absolute Gasteiger partial charge is 0.344 e. The fourth-order valence-electron chi connectivity index (χ4n) is 2.81. The fourth-order valence-corrected chi connectivity index (χ4v) is 2.81. The molecule has 2 aliphatic carbocycles. The summed E-state index contributed by atoms with van der Waals surface area (Å²) in [7, 11) is 1.85. The number of hydrogen-bond donors (Lipinski definition) is 0. The van der Waals surface area contributed by atoms with Crippen LogP contribution in [-0.4, -0.2) is 24.4 Å². The minimum Gasteiger partial charge on any atom is -0.344 e. The van der Waals surface area contributed by atoms with Crippen LogP contribution < -0.4 is 0 Å². The van der Waals surface area contributed by atoms with Crippen LogP contribution >= 0.6 is 0 Å². The topological polar surface area (TPSA) is 44.1 Å². The number of nitrogens with zero attached hydrogens (tertiary/aromatic N) is 2. The molecule has 88 valence electrons. The molecular weight excluding hydrogens is 200 g/mol. The second-order valence-corrected chi connectivity index (χ2v) is 5.56. The van der Waals surface area contributed by atoms with Gasteiger partial charge in [-0.1, -0.05) is 19.8 Å². The highest BCUT2D eigenvalue weighted by Crippen LogP contribution is 2.41. The number of carbonyl (C=O) groups excluding carboxylic acids is 1. The van der Waals surface area contributed by atoms with Gasteiger partial charge >= 0.3 is 0 Å². The standard InChI is InChI=1S/C13H20N2O/c1-10-7-11(10)8-15(2)12(16)13(9-14)5-3-4-6-13/h10-11H,3-8H2,1-2H3. The molecular formula is C13H20N2O. The molecule has 0 N–H and O–H groups in total. The Bertz CT molecular complexity index is 325. The third-order valence-corrected chi connectivity index (χ3v) is 4.21. The van der Waals surface area contributed by atoms with Gasteiger partial charge in [-0.25, -0.2) is 0 Å². The monoisotopic (exact) mass is 220 g/mol. The van der Waals surface area contributed by atoms with Gasteiger partial charge in [0.25, 0.3) is 0 Å². The molecule has 3 nitrogen and oxygen atoms in total. The SMILES string of the molecule is CC1CC1CN(C)C(=O)C1(C#N)CCCC1. The number of rotatable bonds is 3. The zero-order valence-electron chi connectivity index (χ0n) is 10.2. The smallest absolute Gasteiger partial charge is 0.242 e. The average molecular weight is 220 g/mol. The Kier molecular flexibility index (Phi) is 2.92. The second kappa shape index (κ2) is 4.08. The van der Waals surface area contributed by atoms with Gasteiger partial charge in [0.2, 0.25) is 5.91 Å². The van der Waals surface area contributed by atoms with Gasteiger partial charge in [0.15, 0.2) is 0 Å². The molecule has 2 atom stereocenters. The minimum absolute atomic E-state index is 0.0617. The Morgan fingerprint density at radius 3 is 2.50 bits per heavy atom. The maximum atomic E-state index is 12.3. The number of nitriles is 1. The van der Waals surface area contributed by atoms with Gasteiger partial charge in [-0.15, -0.1) is 0 Å². The van der Waals surface area contributed by atoms with Crippen molar-refractivity contribution in [3.8, 4) is 6.07 Å². The number of hydrogen-bond acceptors (Lipinski definition) is 2. The summed E-state index contributed by atoms with van der Waals surface area (Å²) in [6, 6.07) is 2.27. The van der Waals surface area contributed by atoms with Crippen molar-refractivity contribution in [2.75, 3.05) is 13.6 Å². The predicted octanol–water partition coefficient (Wildman–Crippen LogP) is 2.18.